The van der Waals surface area contributed by atoms with Crippen LogP contribution < -0.4 is 5.32 Å². The molecule has 0 spiro atoms. The van der Waals surface area contributed by atoms with Gasteiger partial charge in [0.05, 0.1) is 21.3 Å². The monoisotopic (exact) mass is 305 g/mol. The Morgan fingerprint density at radius 3 is 2.37 bits per heavy atom. The molecule has 1 amide bonds. The zero-order valence-corrected chi connectivity index (χ0v) is 11.7. The van der Waals surface area contributed by atoms with Crippen LogP contribution >= 0.6 is 23.2 Å². The van der Waals surface area contributed by atoms with Crippen molar-refractivity contribution in [3.05, 3.63) is 27.7 Å². The summed E-state index contributed by atoms with van der Waals surface area (Å²) in [7, 11) is 0. The maximum Gasteiger partial charge on any atom is 0.335 e. The molecule has 0 unspecified atom stereocenters. The van der Waals surface area contributed by atoms with Crippen molar-refractivity contribution in [2.45, 2.75) is 13.3 Å². The number of anilines is 1. The summed E-state index contributed by atoms with van der Waals surface area (Å²) in [6.07, 6.45) is 0.808. The molecule has 0 saturated heterocycles. The van der Waals surface area contributed by atoms with Crippen molar-refractivity contribution >= 4 is 40.8 Å². The molecule has 1 aromatic rings. The Hall–Kier alpha value is -1.30. The molecular formula is C12H13Cl2NO4. The summed E-state index contributed by atoms with van der Waals surface area (Å²) in [5.74, 6) is -1.55. The van der Waals surface area contributed by atoms with Gasteiger partial charge in [0.25, 0.3) is 0 Å². The van der Waals surface area contributed by atoms with Crippen LogP contribution in [0.3, 0.4) is 0 Å². The maximum atomic E-state index is 11.5. The van der Waals surface area contributed by atoms with Crippen molar-refractivity contribution in [3.63, 3.8) is 0 Å². The summed E-state index contributed by atoms with van der Waals surface area (Å²) < 4.78 is 5.07. The Bertz CT molecular complexity index is 468. The number of halogens is 2. The standard InChI is InChI=1S/C12H13Cl2NO4/c1-2-3-19-6-10(16)15-11-8(13)4-7(12(17)18)5-9(11)14/h4-5H,2-3,6H2,1H3,(H,15,16)(H,17,18). The van der Waals surface area contributed by atoms with E-state index in [0.717, 1.165) is 6.42 Å². The van der Waals surface area contributed by atoms with E-state index in [4.69, 9.17) is 33.0 Å². The van der Waals surface area contributed by atoms with Crippen LogP contribution in [0.2, 0.25) is 10.0 Å². The Kier molecular flexibility index (Phi) is 6.08. The summed E-state index contributed by atoms with van der Waals surface area (Å²) in [5.41, 5.74) is 0.133. The van der Waals surface area contributed by atoms with Crippen LogP contribution in [0.5, 0.6) is 0 Å². The Labute approximate surface area is 120 Å². The van der Waals surface area contributed by atoms with Gasteiger partial charge in [-0.2, -0.15) is 0 Å². The van der Waals surface area contributed by atoms with E-state index in [1.807, 2.05) is 6.92 Å². The highest BCUT2D eigenvalue weighted by molar-refractivity contribution is 6.40. The third-order valence-electron chi connectivity index (χ3n) is 2.14. The minimum absolute atomic E-state index is 0.0461. The Balaban J connectivity index is 2.79. The Morgan fingerprint density at radius 2 is 1.89 bits per heavy atom. The molecule has 2 N–H and O–H groups in total. The van der Waals surface area contributed by atoms with Crippen LogP contribution in [0.1, 0.15) is 23.7 Å². The molecule has 0 fully saturated rings. The molecule has 1 aromatic carbocycles. The SMILES string of the molecule is CCCOCC(=O)Nc1c(Cl)cc(C(=O)O)cc1Cl. The molecule has 0 radical (unpaired) electrons. The van der Waals surface area contributed by atoms with E-state index in [2.05, 4.69) is 5.32 Å². The highest BCUT2D eigenvalue weighted by Crippen LogP contribution is 2.31. The first-order valence-corrected chi connectivity index (χ1v) is 6.31. The summed E-state index contributed by atoms with van der Waals surface area (Å²) in [6, 6.07) is 2.44. The number of carboxylic acids is 1. The number of carbonyl (C=O) groups is 2. The maximum absolute atomic E-state index is 11.5. The molecule has 7 heteroatoms. The van der Waals surface area contributed by atoms with Crippen molar-refractivity contribution in [2.75, 3.05) is 18.5 Å². The minimum Gasteiger partial charge on any atom is -0.478 e. The van der Waals surface area contributed by atoms with Gasteiger partial charge in [-0.3, -0.25) is 4.79 Å². The molecule has 0 bridgehead atoms. The number of nitrogens with one attached hydrogen (secondary N) is 1. The van der Waals surface area contributed by atoms with Crippen LogP contribution in [-0.2, 0) is 9.53 Å². The average Bonchev–Trinajstić information content (AvgIpc) is 2.33. The van der Waals surface area contributed by atoms with Gasteiger partial charge in [0, 0.05) is 6.61 Å². The lowest BCUT2D eigenvalue weighted by atomic mass is 10.2. The lowest BCUT2D eigenvalue weighted by Crippen LogP contribution is -2.19. The first kappa shape index (κ1) is 15.8. The Morgan fingerprint density at radius 1 is 1.32 bits per heavy atom. The van der Waals surface area contributed by atoms with Gasteiger partial charge < -0.3 is 15.2 Å². The van der Waals surface area contributed by atoms with E-state index < -0.39 is 11.9 Å². The normalized spacial score (nSPS) is 10.3. The average molecular weight is 306 g/mol. The minimum atomic E-state index is -1.15. The lowest BCUT2D eigenvalue weighted by Gasteiger charge is -2.10. The highest BCUT2D eigenvalue weighted by Gasteiger charge is 2.14. The van der Waals surface area contributed by atoms with E-state index in [1.54, 1.807) is 0 Å². The number of ether oxygens (including phenoxy) is 1. The summed E-state index contributed by atoms with van der Waals surface area (Å²) in [5, 5.41) is 11.4. The molecule has 0 saturated carbocycles. The quantitative estimate of drug-likeness (QED) is 0.792. The van der Waals surface area contributed by atoms with Gasteiger partial charge in [-0.05, 0) is 18.6 Å². The first-order valence-electron chi connectivity index (χ1n) is 5.55. The predicted octanol–water partition coefficient (Wildman–Crippen LogP) is 3.06. The topological polar surface area (TPSA) is 75.6 Å². The molecule has 0 aromatic heterocycles. The summed E-state index contributed by atoms with van der Waals surface area (Å²) >= 11 is 11.8. The molecule has 0 aliphatic carbocycles. The van der Waals surface area contributed by atoms with Crippen molar-refractivity contribution in [3.8, 4) is 0 Å². The van der Waals surface area contributed by atoms with E-state index >= 15 is 0 Å². The third-order valence-corrected chi connectivity index (χ3v) is 2.73. The lowest BCUT2D eigenvalue weighted by molar-refractivity contribution is -0.120. The fourth-order valence-corrected chi connectivity index (χ4v) is 1.88. The van der Waals surface area contributed by atoms with Gasteiger partial charge in [0.15, 0.2) is 0 Å². The van der Waals surface area contributed by atoms with Gasteiger partial charge in [-0.15, -0.1) is 0 Å². The number of amides is 1. The largest absolute Gasteiger partial charge is 0.478 e. The van der Waals surface area contributed by atoms with Gasteiger partial charge in [0.1, 0.15) is 6.61 Å². The van der Waals surface area contributed by atoms with E-state index in [0.29, 0.717) is 6.61 Å². The summed E-state index contributed by atoms with van der Waals surface area (Å²) in [4.78, 5) is 22.3. The molecule has 0 atom stereocenters. The smallest absolute Gasteiger partial charge is 0.335 e. The van der Waals surface area contributed by atoms with Gasteiger partial charge in [-0.1, -0.05) is 30.1 Å². The van der Waals surface area contributed by atoms with Crippen LogP contribution in [0.15, 0.2) is 12.1 Å². The fraction of sp³-hybridized carbons (Fsp3) is 0.333. The molecule has 1 rings (SSSR count). The van der Waals surface area contributed by atoms with Crippen molar-refractivity contribution in [2.24, 2.45) is 0 Å². The summed E-state index contributed by atoms with van der Waals surface area (Å²) in [6.45, 7) is 2.30. The predicted molar refractivity (Wildman–Crippen MR) is 73.2 cm³/mol. The highest BCUT2D eigenvalue weighted by atomic mass is 35.5. The molecular weight excluding hydrogens is 293 g/mol. The number of hydrogen-bond acceptors (Lipinski definition) is 3. The van der Waals surface area contributed by atoms with Crippen molar-refractivity contribution < 1.29 is 19.4 Å². The third kappa shape index (κ3) is 4.70. The van der Waals surface area contributed by atoms with Crippen LogP contribution in [0, 0.1) is 0 Å². The van der Waals surface area contributed by atoms with E-state index in [-0.39, 0.29) is 27.9 Å². The molecule has 5 nitrogen and oxygen atoms in total. The van der Waals surface area contributed by atoms with Gasteiger partial charge in [0.2, 0.25) is 5.91 Å². The molecule has 0 heterocycles. The van der Waals surface area contributed by atoms with Gasteiger partial charge in [-0.25, -0.2) is 4.79 Å². The second-order valence-corrected chi connectivity index (χ2v) is 4.54. The molecule has 104 valence electrons. The first-order chi connectivity index (χ1) is 8.95. The molecule has 0 aliphatic rings. The van der Waals surface area contributed by atoms with Gasteiger partial charge >= 0.3 is 5.97 Å². The number of aromatic carboxylic acids is 1. The zero-order chi connectivity index (χ0) is 14.4. The number of rotatable bonds is 6. The van der Waals surface area contributed by atoms with E-state index in [1.165, 1.54) is 12.1 Å². The fourth-order valence-electron chi connectivity index (χ4n) is 1.30. The molecule has 0 aliphatic heterocycles. The number of hydrogen-bond donors (Lipinski definition) is 2. The van der Waals surface area contributed by atoms with Crippen LogP contribution in [-0.4, -0.2) is 30.2 Å². The van der Waals surface area contributed by atoms with Crippen LogP contribution in [0.25, 0.3) is 0 Å². The van der Waals surface area contributed by atoms with E-state index in [9.17, 15) is 9.59 Å². The number of carbonyl (C=O) groups excluding carboxylic acids is 1. The van der Waals surface area contributed by atoms with Crippen LogP contribution in [0.4, 0.5) is 5.69 Å². The van der Waals surface area contributed by atoms with Crippen molar-refractivity contribution in [1.82, 2.24) is 0 Å². The zero-order valence-electron chi connectivity index (χ0n) is 10.2. The second kappa shape index (κ2) is 7.33. The number of benzene rings is 1. The van der Waals surface area contributed by atoms with Crippen molar-refractivity contribution in [1.29, 1.82) is 0 Å². The number of carboxylic acid groups (broad SMARTS) is 1. The second-order valence-electron chi connectivity index (χ2n) is 3.72. The molecule has 19 heavy (non-hydrogen) atoms.